The van der Waals surface area contributed by atoms with Crippen LogP contribution < -0.4 is 0 Å². The Kier molecular flexibility index (Phi) is 4.07. The zero-order valence-electron chi connectivity index (χ0n) is 11.2. The van der Waals surface area contributed by atoms with Gasteiger partial charge >= 0.3 is 5.97 Å². The molecule has 4 nitrogen and oxygen atoms in total. The van der Waals surface area contributed by atoms with Crippen LogP contribution in [-0.4, -0.2) is 40.6 Å². The van der Waals surface area contributed by atoms with Crippen LogP contribution in [0.4, 0.5) is 0 Å². The number of carboxylic acid groups (broad SMARTS) is 1. The number of nitrogens with one attached hydrogen (secondary N) is 1. The molecule has 2 heterocycles. The molecule has 1 aliphatic heterocycles. The van der Waals surface area contributed by atoms with Crippen molar-refractivity contribution in [3.8, 4) is 0 Å². The van der Waals surface area contributed by atoms with Gasteiger partial charge in [-0.05, 0) is 57.8 Å². The van der Waals surface area contributed by atoms with Crippen molar-refractivity contribution in [2.75, 3.05) is 19.6 Å². The normalized spacial score (nSPS) is 18.1. The fourth-order valence-electron chi connectivity index (χ4n) is 2.72. The summed E-state index contributed by atoms with van der Waals surface area (Å²) in [5.41, 5.74) is 3.85. The van der Waals surface area contributed by atoms with E-state index in [-0.39, 0.29) is 5.92 Å². The summed E-state index contributed by atoms with van der Waals surface area (Å²) in [6.45, 7) is 7.05. The van der Waals surface area contributed by atoms with Crippen LogP contribution in [0.5, 0.6) is 0 Å². The van der Waals surface area contributed by atoms with E-state index in [1.54, 1.807) is 0 Å². The summed E-state index contributed by atoms with van der Waals surface area (Å²) < 4.78 is 0. The maximum absolute atomic E-state index is 10.9. The Morgan fingerprint density at radius 1 is 1.44 bits per heavy atom. The van der Waals surface area contributed by atoms with E-state index in [4.69, 9.17) is 5.11 Å². The first-order valence-corrected chi connectivity index (χ1v) is 6.66. The van der Waals surface area contributed by atoms with Crippen molar-refractivity contribution < 1.29 is 9.90 Å². The second-order valence-corrected chi connectivity index (χ2v) is 5.31. The van der Waals surface area contributed by atoms with Crippen molar-refractivity contribution in [3.63, 3.8) is 0 Å². The number of aromatic amines is 1. The minimum absolute atomic E-state index is 0.127. The first-order valence-electron chi connectivity index (χ1n) is 6.66. The molecule has 0 bridgehead atoms. The molecule has 0 aliphatic carbocycles. The van der Waals surface area contributed by atoms with Gasteiger partial charge in [0.2, 0.25) is 0 Å². The van der Waals surface area contributed by atoms with Crippen LogP contribution in [0.25, 0.3) is 0 Å². The van der Waals surface area contributed by atoms with E-state index in [9.17, 15) is 4.79 Å². The fourth-order valence-corrected chi connectivity index (χ4v) is 2.72. The lowest BCUT2D eigenvalue weighted by Crippen LogP contribution is -2.37. The Bertz CT molecular complexity index is 417. The number of H-pyrrole nitrogens is 1. The predicted octanol–water partition coefficient (Wildman–Crippen LogP) is 1.97. The van der Waals surface area contributed by atoms with Crippen LogP contribution >= 0.6 is 0 Å². The van der Waals surface area contributed by atoms with Gasteiger partial charge < -0.3 is 15.0 Å². The molecule has 0 amide bonds. The Morgan fingerprint density at radius 2 is 2.11 bits per heavy atom. The number of likely N-dealkylation sites (tertiary alicyclic amines) is 1. The average molecular weight is 250 g/mol. The van der Waals surface area contributed by atoms with Crippen molar-refractivity contribution in [1.29, 1.82) is 0 Å². The monoisotopic (exact) mass is 250 g/mol. The number of aromatic nitrogens is 1. The Labute approximate surface area is 108 Å². The quantitative estimate of drug-likeness (QED) is 0.859. The van der Waals surface area contributed by atoms with Gasteiger partial charge in [0.1, 0.15) is 0 Å². The molecule has 2 rings (SSSR count). The van der Waals surface area contributed by atoms with Crippen LogP contribution in [0.2, 0.25) is 0 Å². The number of carbonyl (C=O) groups is 1. The molecule has 4 heteroatoms. The van der Waals surface area contributed by atoms with E-state index >= 15 is 0 Å². The average Bonchev–Trinajstić information content (AvgIpc) is 2.66. The van der Waals surface area contributed by atoms with Crippen molar-refractivity contribution in [3.05, 3.63) is 23.0 Å². The first-order chi connectivity index (χ1) is 8.56. The number of aryl methyl sites for hydroxylation is 2. The molecule has 1 saturated heterocycles. The van der Waals surface area contributed by atoms with Gasteiger partial charge in [0.05, 0.1) is 5.92 Å². The summed E-state index contributed by atoms with van der Waals surface area (Å²) in [7, 11) is 0. The third kappa shape index (κ3) is 3.13. The number of rotatable bonds is 4. The van der Waals surface area contributed by atoms with E-state index in [2.05, 4.69) is 29.8 Å². The number of hydrogen-bond donors (Lipinski definition) is 2. The van der Waals surface area contributed by atoms with E-state index in [1.165, 1.54) is 17.0 Å². The number of carboxylic acids is 1. The van der Waals surface area contributed by atoms with E-state index in [0.29, 0.717) is 0 Å². The zero-order valence-corrected chi connectivity index (χ0v) is 11.2. The third-order valence-corrected chi connectivity index (χ3v) is 3.89. The van der Waals surface area contributed by atoms with Crippen LogP contribution in [0.15, 0.2) is 6.07 Å². The lowest BCUT2D eigenvalue weighted by atomic mass is 9.97. The summed E-state index contributed by atoms with van der Waals surface area (Å²) in [6, 6.07) is 2.21. The standard InChI is InChI=1S/C14H22N2O2/c1-10-9-13(11(2)15-10)5-8-16-6-3-12(4-7-16)14(17)18/h9,12,15H,3-8H2,1-2H3,(H,17,18). The van der Waals surface area contributed by atoms with Crippen LogP contribution in [-0.2, 0) is 11.2 Å². The molecular formula is C14H22N2O2. The minimum atomic E-state index is -0.633. The summed E-state index contributed by atoms with van der Waals surface area (Å²) in [5, 5.41) is 8.95. The molecule has 0 aromatic carbocycles. The van der Waals surface area contributed by atoms with Gasteiger partial charge in [-0.2, -0.15) is 0 Å². The first kappa shape index (κ1) is 13.1. The fraction of sp³-hybridized carbons (Fsp3) is 0.643. The SMILES string of the molecule is Cc1cc(CCN2CCC(C(=O)O)CC2)c(C)[nH]1. The highest BCUT2D eigenvalue weighted by molar-refractivity contribution is 5.70. The summed E-state index contributed by atoms with van der Waals surface area (Å²) >= 11 is 0. The third-order valence-electron chi connectivity index (χ3n) is 3.89. The maximum atomic E-state index is 10.9. The van der Waals surface area contributed by atoms with E-state index in [1.807, 2.05) is 0 Å². The molecular weight excluding hydrogens is 228 g/mol. The minimum Gasteiger partial charge on any atom is -0.481 e. The molecule has 0 radical (unpaired) electrons. The summed E-state index contributed by atoms with van der Waals surface area (Å²) in [4.78, 5) is 16.6. The van der Waals surface area contributed by atoms with Gasteiger partial charge in [0.25, 0.3) is 0 Å². The number of piperidine rings is 1. The van der Waals surface area contributed by atoms with Gasteiger partial charge in [0, 0.05) is 17.9 Å². The van der Waals surface area contributed by atoms with Crippen molar-refractivity contribution >= 4 is 5.97 Å². The molecule has 0 saturated carbocycles. The van der Waals surface area contributed by atoms with E-state index < -0.39 is 5.97 Å². The van der Waals surface area contributed by atoms with Crippen molar-refractivity contribution in [2.45, 2.75) is 33.1 Å². The second-order valence-electron chi connectivity index (χ2n) is 5.31. The lowest BCUT2D eigenvalue weighted by molar-refractivity contribution is -0.143. The van der Waals surface area contributed by atoms with Gasteiger partial charge in [-0.25, -0.2) is 0 Å². The van der Waals surface area contributed by atoms with Crippen LogP contribution in [0.3, 0.4) is 0 Å². The van der Waals surface area contributed by atoms with E-state index in [0.717, 1.165) is 38.9 Å². The van der Waals surface area contributed by atoms with Gasteiger partial charge in [0.15, 0.2) is 0 Å². The molecule has 0 atom stereocenters. The van der Waals surface area contributed by atoms with Gasteiger partial charge in [-0.1, -0.05) is 0 Å². The summed E-state index contributed by atoms with van der Waals surface area (Å²) in [6.07, 6.45) is 2.63. The Balaban J connectivity index is 1.79. The van der Waals surface area contributed by atoms with Gasteiger partial charge in [-0.15, -0.1) is 0 Å². The smallest absolute Gasteiger partial charge is 0.306 e. The van der Waals surface area contributed by atoms with Crippen molar-refractivity contribution in [1.82, 2.24) is 9.88 Å². The Hall–Kier alpha value is -1.29. The topological polar surface area (TPSA) is 56.3 Å². The summed E-state index contributed by atoms with van der Waals surface area (Å²) in [5.74, 6) is -0.760. The maximum Gasteiger partial charge on any atom is 0.306 e. The molecule has 2 N–H and O–H groups in total. The molecule has 1 fully saturated rings. The molecule has 18 heavy (non-hydrogen) atoms. The molecule has 0 spiro atoms. The molecule has 100 valence electrons. The number of nitrogens with zero attached hydrogens (tertiary/aromatic N) is 1. The highest BCUT2D eigenvalue weighted by Crippen LogP contribution is 2.18. The van der Waals surface area contributed by atoms with Crippen molar-refractivity contribution in [2.24, 2.45) is 5.92 Å². The highest BCUT2D eigenvalue weighted by atomic mass is 16.4. The zero-order chi connectivity index (χ0) is 13.1. The Morgan fingerprint density at radius 3 is 2.61 bits per heavy atom. The van der Waals surface area contributed by atoms with Crippen LogP contribution in [0.1, 0.15) is 29.8 Å². The molecule has 1 aromatic heterocycles. The highest BCUT2D eigenvalue weighted by Gasteiger charge is 2.24. The largest absolute Gasteiger partial charge is 0.481 e. The van der Waals surface area contributed by atoms with Crippen LogP contribution in [0, 0.1) is 19.8 Å². The molecule has 1 aromatic rings. The number of hydrogen-bond acceptors (Lipinski definition) is 2. The van der Waals surface area contributed by atoms with Gasteiger partial charge in [-0.3, -0.25) is 4.79 Å². The second kappa shape index (κ2) is 5.57. The molecule has 1 aliphatic rings. The predicted molar refractivity (Wildman–Crippen MR) is 70.8 cm³/mol. The molecule has 0 unspecified atom stereocenters. The lowest BCUT2D eigenvalue weighted by Gasteiger charge is -2.29. The number of aliphatic carboxylic acids is 1.